The minimum Gasteiger partial charge on any atom is -0.489 e. The number of aliphatic carboxylic acids is 1. The van der Waals surface area contributed by atoms with Crippen molar-refractivity contribution in [3.05, 3.63) is 83.9 Å². The van der Waals surface area contributed by atoms with Gasteiger partial charge in [0.2, 0.25) is 0 Å². The van der Waals surface area contributed by atoms with Crippen molar-refractivity contribution in [2.45, 2.75) is 18.4 Å². The molecule has 0 unspecified atom stereocenters. The minimum absolute atomic E-state index is 0.0381. The fraction of sp³-hybridized carbons (Fsp3) is 0.136. The number of sulfone groups is 1. The monoisotopic (exact) mass is 396 g/mol. The number of carboxylic acid groups (broad SMARTS) is 1. The van der Waals surface area contributed by atoms with Crippen LogP contribution in [0.1, 0.15) is 11.1 Å². The van der Waals surface area contributed by atoms with E-state index in [-0.39, 0.29) is 4.90 Å². The molecule has 0 heterocycles. The predicted molar refractivity (Wildman–Crippen MR) is 107 cm³/mol. The summed E-state index contributed by atoms with van der Waals surface area (Å²) >= 11 is 0. The molecule has 1 N–H and O–H groups in total. The Labute approximate surface area is 164 Å². The largest absolute Gasteiger partial charge is 0.489 e. The van der Waals surface area contributed by atoms with E-state index in [1.54, 1.807) is 0 Å². The number of benzene rings is 3. The van der Waals surface area contributed by atoms with E-state index in [0.717, 1.165) is 16.7 Å². The van der Waals surface area contributed by atoms with Gasteiger partial charge in [-0.25, -0.2) is 8.42 Å². The number of carbonyl (C=O) groups is 1. The van der Waals surface area contributed by atoms with Crippen molar-refractivity contribution in [2.24, 2.45) is 0 Å². The molecule has 28 heavy (non-hydrogen) atoms. The summed E-state index contributed by atoms with van der Waals surface area (Å²) in [5, 5.41) is 8.69. The molecule has 0 aromatic heterocycles. The van der Waals surface area contributed by atoms with Crippen molar-refractivity contribution in [2.75, 3.05) is 5.75 Å². The van der Waals surface area contributed by atoms with Crippen LogP contribution in [0.2, 0.25) is 0 Å². The molecule has 0 aliphatic rings. The van der Waals surface area contributed by atoms with Crippen molar-refractivity contribution in [1.29, 1.82) is 0 Å². The molecule has 0 spiro atoms. The molecule has 5 nitrogen and oxygen atoms in total. The molecule has 3 aromatic rings. The Hall–Kier alpha value is -3.12. The first-order chi connectivity index (χ1) is 13.3. The van der Waals surface area contributed by atoms with E-state index in [9.17, 15) is 13.2 Å². The number of rotatable bonds is 7. The van der Waals surface area contributed by atoms with Gasteiger partial charge in [-0.05, 0) is 59.5 Å². The van der Waals surface area contributed by atoms with Gasteiger partial charge in [-0.3, -0.25) is 4.79 Å². The van der Waals surface area contributed by atoms with Gasteiger partial charge in [-0.1, -0.05) is 42.5 Å². The maximum Gasteiger partial charge on any atom is 0.319 e. The maximum absolute atomic E-state index is 11.9. The average molecular weight is 396 g/mol. The third kappa shape index (κ3) is 4.78. The van der Waals surface area contributed by atoms with Crippen LogP contribution >= 0.6 is 0 Å². The first kappa shape index (κ1) is 19.6. The molecule has 3 rings (SSSR count). The van der Waals surface area contributed by atoms with Crippen LogP contribution in [0.5, 0.6) is 5.75 Å². The van der Waals surface area contributed by atoms with Crippen LogP contribution in [0, 0.1) is 6.92 Å². The van der Waals surface area contributed by atoms with Crippen molar-refractivity contribution in [1.82, 2.24) is 0 Å². The highest BCUT2D eigenvalue weighted by Gasteiger charge is 2.18. The molecule has 0 saturated heterocycles. The second-order valence-electron chi connectivity index (χ2n) is 6.43. The Morgan fingerprint density at radius 3 is 2.36 bits per heavy atom. The SMILES string of the molecule is Cc1ccccc1-c1cccc(COc2ccc(S(=O)(=O)CC(=O)O)cc2)c1. The van der Waals surface area contributed by atoms with E-state index in [1.807, 2.05) is 30.3 Å². The van der Waals surface area contributed by atoms with E-state index >= 15 is 0 Å². The highest BCUT2D eigenvalue weighted by molar-refractivity contribution is 7.92. The lowest BCUT2D eigenvalue weighted by atomic mass is 9.99. The van der Waals surface area contributed by atoms with Gasteiger partial charge < -0.3 is 9.84 Å². The van der Waals surface area contributed by atoms with Crippen LogP contribution in [0.3, 0.4) is 0 Å². The number of hydrogen-bond acceptors (Lipinski definition) is 4. The molecule has 0 saturated carbocycles. The normalized spacial score (nSPS) is 11.2. The first-order valence-corrected chi connectivity index (χ1v) is 10.3. The highest BCUT2D eigenvalue weighted by atomic mass is 32.2. The summed E-state index contributed by atoms with van der Waals surface area (Å²) in [5.41, 5.74) is 4.45. The molecular weight excluding hydrogens is 376 g/mol. The summed E-state index contributed by atoms with van der Waals surface area (Å²) in [7, 11) is -3.84. The Morgan fingerprint density at radius 1 is 0.964 bits per heavy atom. The number of ether oxygens (including phenoxy) is 1. The van der Waals surface area contributed by atoms with E-state index in [1.165, 1.54) is 29.8 Å². The van der Waals surface area contributed by atoms with Crippen LogP contribution in [0.15, 0.2) is 77.7 Å². The molecule has 144 valence electrons. The van der Waals surface area contributed by atoms with Gasteiger partial charge in [0.1, 0.15) is 12.4 Å². The Balaban J connectivity index is 1.70. The van der Waals surface area contributed by atoms with Crippen LogP contribution < -0.4 is 4.74 Å². The Kier molecular flexibility index (Phi) is 5.80. The lowest BCUT2D eigenvalue weighted by molar-refractivity contribution is -0.134. The van der Waals surface area contributed by atoms with Crippen molar-refractivity contribution in [3.63, 3.8) is 0 Å². The van der Waals surface area contributed by atoms with Gasteiger partial charge in [0.05, 0.1) is 4.90 Å². The third-order valence-corrected chi connectivity index (χ3v) is 5.90. The van der Waals surface area contributed by atoms with E-state index < -0.39 is 21.6 Å². The summed E-state index contributed by atoms with van der Waals surface area (Å²) in [6.45, 7) is 2.40. The lowest BCUT2D eigenvalue weighted by Gasteiger charge is -2.10. The van der Waals surface area contributed by atoms with Crippen LogP contribution in [-0.2, 0) is 21.2 Å². The second-order valence-corrected chi connectivity index (χ2v) is 8.42. The van der Waals surface area contributed by atoms with Gasteiger partial charge in [0.15, 0.2) is 15.6 Å². The standard InChI is InChI=1S/C22H20O5S/c1-16-5-2-3-8-21(16)18-7-4-6-17(13-18)14-27-19-9-11-20(12-10-19)28(25,26)15-22(23)24/h2-13H,14-15H2,1H3,(H,23,24). The molecule has 0 bridgehead atoms. The fourth-order valence-corrected chi connectivity index (χ4v) is 3.92. The van der Waals surface area contributed by atoms with Gasteiger partial charge in [0, 0.05) is 0 Å². The van der Waals surface area contributed by atoms with E-state index in [2.05, 4.69) is 25.1 Å². The van der Waals surface area contributed by atoms with Crippen LogP contribution in [0.25, 0.3) is 11.1 Å². The minimum atomic E-state index is -3.84. The van der Waals surface area contributed by atoms with Crippen LogP contribution in [0.4, 0.5) is 0 Å². The quantitative estimate of drug-likeness (QED) is 0.650. The Morgan fingerprint density at radius 2 is 1.68 bits per heavy atom. The zero-order valence-electron chi connectivity index (χ0n) is 15.3. The topological polar surface area (TPSA) is 80.7 Å². The summed E-state index contributed by atoms with van der Waals surface area (Å²) < 4.78 is 29.6. The predicted octanol–water partition coefficient (Wildman–Crippen LogP) is 4.10. The molecule has 0 aliphatic heterocycles. The molecule has 3 aromatic carbocycles. The van der Waals surface area contributed by atoms with Gasteiger partial charge in [-0.2, -0.15) is 0 Å². The zero-order valence-corrected chi connectivity index (χ0v) is 16.1. The van der Waals surface area contributed by atoms with Crippen molar-refractivity contribution < 1.29 is 23.1 Å². The molecular formula is C22H20O5S. The molecule has 0 amide bonds. The smallest absolute Gasteiger partial charge is 0.319 e. The molecule has 0 atom stereocenters. The van der Waals surface area contributed by atoms with E-state index in [4.69, 9.17) is 9.84 Å². The van der Waals surface area contributed by atoms with Gasteiger partial charge >= 0.3 is 5.97 Å². The van der Waals surface area contributed by atoms with Crippen molar-refractivity contribution >= 4 is 15.8 Å². The Bertz CT molecular complexity index is 1090. The molecule has 0 fully saturated rings. The lowest BCUT2D eigenvalue weighted by Crippen LogP contribution is -2.15. The summed E-state index contributed by atoms with van der Waals surface area (Å²) in [6.07, 6.45) is 0. The van der Waals surface area contributed by atoms with Crippen molar-refractivity contribution in [3.8, 4) is 16.9 Å². The molecule has 0 aliphatic carbocycles. The zero-order chi connectivity index (χ0) is 20.1. The average Bonchev–Trinajstić information content (AvgIpc) is 2.66. The summed E-state index contributed by atoms with van der Waals surface area (Å²) in [5.74, 6) is -1.80. The third-order valence-electron chi connectivity index (χ3n) is 4.28. The van der Waals surface area contributed by atoms with Gasteiger partial charge in [-0.15, -0.1) is 0 Å². The molecule has 6 heteroatoms. The number of hydrogen-bond donors (Lipinski definition) is 1. The van der Waals surface area contributed by atoms with Crippen LogP contribution in [-0.4, -0.2) is 25.2 Å². The van der Waals surface area contributed by atoms with E-state index in [0.29, 0.717) is 12.4 Å². The van der Waals surface area contributed by atoms with Gasteiger partial charge in [0.25, 0.3) is 0 Å². The maximum atomic E-state index is 11.9. The number of carboxylic acids is 1. The molecule has 0 radical (unpaired) electrons. The second kappa shape index (κ2) is 8.27. The summed E-state index contributed by atoms with van der Waals surface area (Å²) in [6, 6.07) is 22.0. The number of aryl methyl sites for hydroxylation is 1. The fourth-order valence-electron chi connectivity index (χ4n) is 2.88. The summed E-state index contributed by atoms with van der Waals surface area (Å²) in [4.78, 5) is 10.6. The highest BCUT2D eigenvalue weighted by Crippen LogP contribution is 2.25. The first-order valence-electron chi connectivity index (χ1n) is 8.67.